The molecule has 1 aromatic carbocycles. The monoisotopic (exact) mass is 206 g/mol. The minimum absolute atomic E-state index is 0.0805. The van der Waals surface area contributed by atoms with Gasteiger partial charge in [-0.1, -0.05) is 0 Å². The van der Waals surface area contributed by atoms with Crippen LogP contribution in [0.25, 0.3) is 0 Å². The van der Waals surface area contributed by atoms with Crippen molar-refractivity contribution in [2.75, 3.05) is 5.32 Å². The molecule has 0 bridgehead atoms. The molecule has 0 saturated heterocycles. The molecule has 0 spiro atoms. The molecule has 1 aromatic rings. The van der Waals surface area contributed by atoms with Gasteiger partial charge in [0.1, 0.15) is 0 Å². The highest BCUT2D eigenvalue weighted by Gasteiger charge is 2.24. The number of amides is 1. The zero-order chi connectivity index (χ0) is 11.0. The van der Waals surface area contributed by atoms with Crippen LogP contribution in [0.1, 0.15) is 5.56 Å². The van der Waals surface area contributed by atoms with E-state index in [1.54, 1.807) is 0 Å². The zero-order valence-corrected chi connectivity index (χ0v) is 7.52. The predicted molar refractivity (Wildman–Crippen MR) is 50.4 cm³/mol. The first-order valence-corrected chi connectivity index (χ1v) is 4.19. The lowest BCUT2D eigenvalue weighted by Gasteiger charge is -2.14. The van der Waals surface area contributed by atoms with Crippen molar-refractivity contribution in [3.8, 4) is 0 Å². The number of anilines is 1. The van der Waals surface area contributed by atoms with Gasteiger partial charge in [-0.2, -0.15) is 0 Å². The van der Waals surface area contributed by atoms with Gasteiger partial charge in [-0.3, -0.25) is 19.7 Å². The van der Waals surface area contributed by atoms with Crippen LogP contribution in [-0.2, 0) is 16.0 Å². The van der Waals surface area contributed by atoms with Crippen LogP contribution in [0.4, 0.5) is 11.4 Å². The van der Waals surface area contributed by atoms with Crippen LogP contribution < -0.4 is 5.32 Å². The molecule has 6 heteroatoms. The number of ketones is 1. The number of hydrogen-bond donors (Lipinski definition) is 1. The maximum absolute atomic E-state index is 11.1. The van der Waals surface area contributed by atoms with Crippen LogP contribution in [0, 0.1) is 10.1 Å². The molecule has 0 saturated carbocycles. The summed E-state index contributed by atoms with van der Waals surface area (Å²) in [5, 5.41) is 12.8. The van der Waals surface area contributed by atoms with Gasteiger partial charge in [0.15, 0.2) is 0 Å². The van der Waals surface area contributed by atoms with Crippen molar-refractivity contribution in [3.63, 3.8) is 0 Å². The minimum atomic E-state index is -0.670. The summed E-state index contributed by atoms with van der Waals surface area (Å²) in [6, 6.07) is 4.01. The predicted octanol–water partition coefficient (Wildman–Crippen LogP) is 0.658. The van der Waals surface area contributed by atoms with Crippen molar-refractivity contribution in [1.82, 2.24) is 0 Å². The fourth-order valence-electron chi connectivity index (χ4n) is 1.41. The van der Waals surface area contributed by atoms with Crippen molar-refractivity contribution >= 4 is 23.1 Å². The van der Waals surface area contributed by atoms with E-state index in [1.807, 2.05) is 0 Å². The summed E-state index contributed by atoms with van der Waals surface area (Å²) in [7, 11) is 0. The minimum Gasteiger partial charge on any atom is -0.319 e. The van der Waals surface area contributed by atoms with Gasteiger partial charge in [-0.05, 0) is 11.6 Å². The highest BCUT2D eigenvalue weighted by atomic mass is 16.6. The Hall–Kier alpha value is -2.24. The number of nitrogens with one attached hydrogen (secondary N) is 1. The lowest BCUT2D eigenvalue weighted by Crippen LogP contribution is -2.29. The third kappa shape index (κ3) is 1.56. The molecule has 0 unspecified atom stereocenters. The van der Waals surface area contributed by atoms with Crippen LogP contribution in [0.15, 0.2) is 18.2 Å². The van der Waals surface area contributed by atoms with Crippen LogP contribution in [-0.4, -0.2) is 16.6 Å². The molecule has 0 atom stereocenters. The molecule has 6 nitrogen and oxygen atoms in total. The Bertz CT molecular complexity index is 481. The molecule has 0 radical (unpaired) electrons. The van der Waals surface area contributed by atoms with E-state index in [1.165, 1.54) is 18.2 Å². The highest BCUT2D eigenvalue weighted by Crippen LogP contribution is 2.25. The van der Waals surface area contributed by atoms with Crippen molar-refractivity contribution in [1.29, 1.82) is 0 Å². The molecular weight excluding hydrogens is 200 g/mol. The van der Waals surface area contributed by atoms with Crippen LogP contribution in [0.5, 0.6) is 0 Å². The van der Waals surface area contributed by atoms with Crippen molar-refractivity contribution in [3.05, 3.63) is 33.9 Å². The molecular formula is C9H6N2O4. The van der Waals surface area contributed by atoms with Gasteiger partial charge in [0.2, 0.25) is 5.78 Å². The van der Waals surface area contributed by atoms with Crippen molar-refractivity contribution in [2.45, 2.75) is 6.42 Å². The van der Waals surface area contributed by atoms with Gasteiger partial charge in [0.05, 0.1) is 4.92 Å². The van der Waals surface area contributed by atoms with E-state index in [0.29, 0.717) is 11.3 Å². The number of hydrogen-bond acceptors (Lipinski definition) is 4. The number of rotatable bonds is 1. The normalized spacial score (nSPS) is 14.4. The quantitative estimate of drug-likeness (QED) is 0.415. The molecule has 1 amide bonds. The van der Waals surface area contributed by atoms with E-state index in [-0.39, 0.29) is 12.1 Å². The Balaban J connectivity index is 2.46. The van der Waals surface area contributed by atoms with Gasteiger partial charge in [-0.25, -0.2) is 0 Å². The number of nitrogens with zero attached hydrogens (tertiary/aromatic N) is 1. The van der Waals surface area contributed by atoms with Crippen molar-refractivity contribution < 1.29 is 14.5 Å². The molecule has 1 aliphatic rings. The first kappa shape index (κ1) is 9.32. The van der Waals surface area contributed by atoms with E-state index in [4.69, 9.17) is 0 Å². The molecule has 1 N–H and O–H groups in total. The highest BCUT2D eigenvalue weighted by molar-refractivity contribution is 6.42. The SMILES string of the molecule is O=C1Cc2cc([N+](=O)[O-])ccc2NC1=O. The summed E-state index contributed by atoms with van der Waals surface area (Å²) in [4.78, 5) is 32.0. The summed E-state index contributed by atoms with van der Waals surface area (Å²) in [6.45, 7) is 0. The second kappa shape index (κ2) is 3.16. The Kier molecular flexibility index (Phi) is 1.96. The van der Waals surface area contributed by atoms with Crippen molar-refractivity contribution in [2.24, 2.45) is 0 Å². The maximum Gasteiger partial charge on any atom is 0.292 e. The van der Waals surface area contributed by atoms with Crippen LogP contribution >= 0.6 is 0 Å². The summed E-state index contributed by atoms with van der Waals surface area (Å²) in [5.41, 5.74) is 0.858. The van der Waals surface area contributed by atoms with E-state index >= 15 is 0 Å². The first-order valence-electron chi connectivity index (χ1n) is 4.19. The van der Waals surface area contributed by atoms with E-state index in [2.05, 4.69) is 5.32 Å². The van der Waals surface area contributed by atoms with Gasteiger partial charge in [0.25, 0.3) is 11.6 Å². The number of carbonyl (C=O) groups excluding carboxylic acids is 2. The average molecular weight is 206 g/mol. The Morgan fingerprint density at radius 1 is 1.33 bits per heavy atom. The summed E-state index contributed by atoms with van der Waals surface area (Å²) in [5.74, 6) is -1.25. The van der Waals surface area contributed by atoms with E-state index in [0.717, 1.165) is 0 Å². The average Bonchev–Trinajstić information content (AvgIpc) is 2.19. The van der Waals surface area contributed by atoms with Gasteiger partial charge < -0.3 is 5.32 Å². The number of benzene rings is 1. The fourth-order valence-corrected chi connectivity index (χ4v) is 1.41. The largest absolute Gasteiger partial charge is 0.319 e. The molecule has 0 aliphatic carbocycles. The first-order chi connectivity index (χ1) is 7.08. The Morgan fingerprint density at radius 3 is 2.73 bits per heavy atom. The molecule has 0 aromatic heterocycles. The second-order valence-electron chi connectivity index (χ2n) is 3.15. The summed E-state index contributed by atoms with van der Waals surface area (Å²) >= 11 is 0. The summed E-state index contributed by atoms with van der Waals surface area (Å²) < 4.78 is 0. The smallest absolute Gasteiger partial charge is 0.292 e. The van der Waals surface area contributed by atoms with Gasteiger partial charge in [0, 0.05) is 24.2 Å². The molecule has 2 rings (SSSR count). The number of nitro benzene ring substituents is 1. The lowest BCUT2D eigenvalue weighted by molar-refractivity contribution is -0.384. The third-order valence-electron chi connectivity index (χ3n) is 2.15. The summed E-state index contributed by atoms with van der Waals surface area (Å²) in [6.07, 6.45) is -0.0805. The maximum atomic E-state index is 11.1. The van der Waals surface area contributed by atoms with Gasteiger partial charge in [-0.15, -0.1) is 0 Å². The number of non-ortho nitro benzene ring substituents is 1. The van der Waals surface area contributed by atoms with E-state index in [9.17, 15) is 19.7 Å². The molecule has 1 aliphatic heterocycles. The van der Waals surface area contributed by atoms with Crippen LogP contribution in [0.3, 0.4) is 0 Å². The second-order valence-corrected chi connectivity index (χ2v) is 3.15. The number of nitro groups is 1. The van der Waals surface area contributed by atoms with Gasteiger partial charge >= 0.3 is 0 Å². The topological polar surface area (TPSA) is 89.3 Å². The zero-order valence-electron chi connectivity index (χ0n) is 7.52. The van der Waals surface area contributed by atoms with E-state index < -0.39 is 16.6 Å². The van der Waals surface area contributed by atoms with Crippen LogP contribution in [0.2, 0.25) is 0 Å². The number of fused-ring (bicyclic) bond motifs is 1. The molecule has 76 valence electrons. The number of carbonyl (C=O) groups is 2. The third-order valence-corrected chi connectivity index (χ3v) is 2.15. The molecule has 0 fully saturated rings. The Labute approximate surface area is 84.0 Å². The number of Topliss-reactive ketones (excluding diaryl/α,β-unsaturated/α-hetero) is 1. The lowest BCUT2D eigenvalue weighted by atomic mass is 10.0. The standard InChI is InChI=1S/C9H6N2O4/c12-8-4-5-3-6(11(14)15)1-2-7(5)10-9(8)13/h1-3H,4H2,(H,10,13). The molecule has 1 heterocycles. The Morgan fingerprint density at radius 2 is 2.07 bits per heavy atom. The molecule has 15 heavy (non-hydrogen) atoms. The fraction of sp³-hybridized carbons (Fsp3) is 0.111.